The fourth-order valence-electron chi connectivity index (χ4n) is 2.48. The normalized spacial score (nSPS) is 16.4. The molecule has 0 N–H and O–H groups in total. The van der Waals surface area contributed by atoms with Gasteiger partial charge < -0.3 is 14.6 Å². The first-order valence-corrected chi connectivity index (χ1v) is 9.33. The van der Waals surface area contributed by atoms with Gasteiger partial charge in [-0.1, -0.05) is 13.8 Å². The molecular weight excluding hydrogens is 629 g/mol. The topological polar surface area (TPSA) is 66.4 Å². The minimum atomic E-state index is -9.08. The highest BCUT2D eigenvalue weighted by atomic mass is 19.4. The number of halogens is 19. The molecule has 0 saturated carbocycles. The van der Waals surface area contributed by atoms with Crippen molar-refractivity contribution in [3.05, 3.63) is 12.2 Å². The Hall–Kier alpha value is -2.65. The molecule has 0 heterocycles. The van der Waals surface area contributed by atoms with Gasteiger partial charge in [-0.3, -0.25) is 0 Å². The predicted octanol–water partition coefficient (Wildman–Crippen LogP) is 5.51. The summed E-state index contributed by atoms with van der Waals surface area (Å²) in [5, 5.41) is 10.1. The van der Waals surface area contributed by atoms with Crippen molar-refractivity contribution < 1.29 is 103 Å². The molecular formula is C17H10F19O4-. The monoisotopic (exact) mass is 639 g/mol. The Morgan fingerprint density at radius 3 is 1.12 bits per heavy atom. The fourth-order valence-corrected chi connectivity index (χ4v) is 2.48. The molecule has 0 fully saturated rings. The average molecular weight is 639 g/mol. The summed E-state index contributed by atoms with van der Waals surface area (Å²) in [4.78, 5) is 21.4. The molecule has 0 aromatic heterocycles. The van der Waals surface area contributed by atoms with Gasteiger partial charge in [-0.05, 0) is 12.0 Å². The van der Waals surface area contributed by atoms with E-state index >= 15 is 0 Å². The summed E-state index contributed by atoms with van der Waals surface area (Å²) in [7, 11) is 0. The highest BCUT2D eigenvalue weighted by molar-refractivity contribution is 5.90. The molecule has 0 aromatic rings. The van der Waals surface area contributed by atoms with Crippen molar-refractivity contribution in [1.82, 2.24) is 0 Å². The Bertz CT molecular complexity index is 980. The van der Waals surface area contributed by atoms with Crippen LogP contribution in [0.2, 0.25) is 0 Å². The van der Waals surface area contributed by atoms with Gasteiger partial charge in [-0.15, -0.1) is 0 Å². The number of hydrogen-bond acceptors (Lipinski definition) is 4. The van der Waals surface area contributed by atoms with Crippen LogP contribution in [0, 0.1) is 5.92 Å². The Labute approximate surface area is 207 Å². The third-order valence-corrected chi connectivity index (χ3v) is 4.70. The molecule has 1 atom stereocenters. The van der Waals surface area contributed by atoms with E-state index in [1.165, 1.54) is 0 Å². The van der Waals surface area contributed by atoms with Gasteiger partial charge in [0.2, 0.25) is 0 Å². The molecule has 0 radical (unpaired) electrons. The minimum Gasteiger partial charge on any atom is -0.545 e. The Morgan fingerprint density at radius 2 is 0.850 bits per heavy atom. The SMILES string of the molecule is CC(C)C(OC(=O)C=CC(=O)[O-])C(F)(F)C(F)(F)C(F)(F)C(F)(F)C(F)(F)C(F)(F)C(F)(F)C(F)(F)C(F)(F)F. The van der Waals surface area contributed by atoms with E-state index in [9.17, 15) is 98.1 Å². The lowest BCUT2D eigenvalue weighted by atomic mass is 9.85. The van der Waals surface area contributed by atoms with Crippen molar-refractivity contribution in [3.8, 4) is 0 Å². The van der Waals surface area contributed by atoms with Crippen LogP contribution in [-0.2, 0) is 14.3 Å². The molecule has 0 saturated heterocycles. The molecule has 0 aliphatic rings. The smallest absolute Gasteiger partial charge is 0.460 e. The molecule has 1 unspecified atom stereocenters. The van der Waals surface area contributed by atoms with E-state index in [-0.39, 0.29) is 19.9 Å². The Morgan fingerprint density at radius 1 is 0.550 bits per heavy atom. The van der Waals surface area contributed by atoms with Gasteiger partial charge in [-0.25, -0.2) is 4.79 Å². The highest BCUT2D eigenvalue weighted by Gasteiger charge is 2.97. The van der Waals surface area contributed by atoms with E-state index in [4.69, 9.17) is 0 Å². The molecule has 0 rings (SSSR count). The van der Waals surface area contributed by atoms with E-state index in [1.807, 2.05) is 0 Å². The number of alkyl halides is 19. The van der Waals surface area contributed by atoms with Crippen molar-refractivity contribution in [2.45, 2.75) is 73.5 Å². The molecule has 0 aromatic carbocycles. The first-order chi connectivity index (χ1) is 17.1. The fraction of sp³-hybridized carbons (Fsp3) is 0.765. The van der Waals surface area contributed by atoms with Crippen molar-refractivity contribution in [3.63, 3.8) is 0 Å². The Balaban J connectivity index is 7.03. The largest absolute Gasteiger partial charge is 0.545 e. The maximum Gasteiger partial charge on any atom is 0.460 e. The first-order valence-electron chi connectivity index (χ1n) is 9.33. The highest BCUT2D eigenvalue weighted by Crippen LogP contribution is 2.65. The third kappa shape index (κ3) is 5.34. The Kier molecular flexibility index (Phi) is 9.63. The summed E-state index contributed by atoms with van der Waals surface area (Å²) in [5.41, 5.74) is 0. The lowest BCUT2D eigenvalue weighted by molar-refractivity contribution is -0.470. The van der Waals surface area contributed by atoms with Crippen molar-refractivity contribution >= 4 is 11.9 Å². The molecule has 236 valence electrons. The van der Waals surface area contributed by atoms with Crippen LogP contribution in [0.1, 0.15) is 13.8 Å². The number of carbonyl (C=O) groups excluding carboxylic acids is 2. The summed E-state index contributed by atoms with van der Waals surface area (Å²) < 4.78 is 258. The molecule has 40 heavy (non-hydrogen) atoms. The summed E-state index contributed by atoms with van der Waals surface area (Å²) in [6, 6.07) is 0. The number of rotatable bonds is 12. The van der Waals surface area contributed by atoms with E-state index in [0.29, 0.717) is 0 Å². The second-order valence-corrected chi connectivity index (χ2v) is 7.90. The van der Waals surface area contributed by atoms with Gasteiger partial charge >= 0.3 is 59.5 Å². The molecule has 0 bridgehead atoms. The lowest BCUT2D eigenvalue weighted by Gasteiger charge is -2.44. The van der Waals surface area contributed by atoms with E-state index in [1.54, 1.807) is 0 Å². The summed E-state index contributed by atoms with van der Waals surface area (Å²) >= 11 is 0. The maximum absolute atomic E-state index is 14.3. The van der Waals surface area contributed by atoms with Gasteiger partial charge in [0, 0.05) is 6.08 Å². The third-order valence-electron chi connectivity index (χ3n) is 4.70. The zero-order valence-electron chi connectivity index (χ0n) is 18.6. The minimum absolute atomic E-state index is 0.253. The lowest BCUT2D eigenvalue weighted by Crippen LogP contribution is -2.76. The van der Waals surface area contributed by atoms with Crippen molar-refractivity contribution in [1.29, 1.82) is 0 Å². The second kappa shape index (κ2) is 10.3. The van der Waals surface area contributed by atoms with Crippen LogP contribution in [0.3, 0.4) is 0 Å². The summed E-state index contributed by atoms with van der Waals surface area (Å²) in [6.07, 6.45) is -12.9. The molecule has 0 aliphatic heterocycles. The zero-order valence-corrected chi connectivity index (χ0v) is 18.6. The van der Waals surface area contributed by atoms with Gasteiger partial charge in [0.25, 0.3) is 0 Å². The maximum atomic E-state index is 14.3. The predicted molar refractivity (Wildman–Crippen MR) is 84.5 cm³/mol. The van der Waals surface area contributed by atoms with E-state index < -0.39 is 83.6 Å². The van der Waals surface area contributed by atoms with Crippen LogP contribution < -0.4 is 5.11 Å². The van der Waals surface area contributed by atoms with Crippen LogP contribution in [0.15, 0.2) is 12.2 Å². The quantitative estimate of drug-likeness (QED) is 0.161. The van der Waals surface area contributed by atoms with Gasteiger partial charge in [0.05, 0.1) is 5.97 Å². The summed E-state index contributed by atoms with van der Waals surface area (Å²) in [6.45, 7) is 0.506. The molecule has 0 spiro atoms. The number of carboxylic acid groups (broad SMARTS) is 1. The van der Waals surface area contributed by atoms with Gasteiger partial charge in [0.1, 0.15) is 0 Å². The van der Waals surface area contributed by atoms with Crippen molar-refractivity contribution in [2.24, 2.45) is 5.92 Å². The van der Waals surface area contributed by atoms with Gasteiger partial charge in [-0.2, -0.15) is 83.4 Å². The molecule has 0 amide bonds. The van der Waals surface area contributed by atoms with Crippen LogP contribution in [0.4, 0.5) is 83.4 Å². The van der Waals surface area contributed by atoms with Crippen LogP contribution in [0.25, 0.3) is 0 Å². The van der Waals surface area contributed by atoms with Crippen molar-refractivity contribution in [2.75, 3.05) is 0 Å². The number of carbonyl (C=O) groups is 2. The molecule has 23 heteroatoms. The number of ether oxygens (including phenoxy) is 1. The van der Waals surface area contributed by atoms with Gasteiger partial charge in [0.15, 0.2) is 6.10 Å². The summed E-state index contributed by atoms with van der Waals surface area (Å²) in [5.74, 6) is -75.6. The number of carboxylic acids is 1. The number of esters is 1. The van der Waals surface area contributed by atoms with E-state index in [2.05, 4.69) is 4.74 Å². The number of aliphatic carboxylic acids is 1. The average Bonchev–Trinajstić information content (AvgIpc) is 2.73. The number of hydrogen-bond donors (Lipinski definition) is 0. The second-order valence-electron chi connectivity index (χ2n) is 7.90. The van der Waals surface area contributed by atoms with Crippen LogP contribution >= 0.6 is 0 Å². The molecule has 0 aliphatic carbocycles. The zero-order chi connectivity index (χ0) is 32.9. The van der Waals surface area contributed by atoms with E-state index in [0.717, 1.165) is 0 Å². The van der Waals surface area contributed by atoms with Crippen LogP contribution in [-0.4, -0.2) is 71.6 Å². The molecule has 4 nitrogen and oxygen atoms in total. The first kappa shape index (κ1) is 37.4. The van der Waals surface area contributed by atoms with Crippen LogP contribution in [0.5, 0.6) is 0 Å². The standard InChI is InChI=1S/C17H11F19O4/c1-5(2)8(40-7(39)4-3-6(37)38)9(18,19)10(20,21)11(22,23)12(24,25)13(26,27)14(28,29)15(30,31)16(32,33)17(34,35)36/h3-5,8H,1-2H3,(H,37,38)/p-1.